The molecule has 2 rings (SSSR count). The number of thiophene rings is 1. The molecule has 0 aliphatic carbocycles. The topological polar surface area (TPSA) is 23.8 Å². The summed E-state index contributed by atoms with van der Waals surface area (Å²) >= 11 is 7.35. The Balaban J connectivity index is 2.76. The van der Waals surface area contributed by atoms with Crippen LogP contribution in [0.25, 0.3) is 10.1 Å². The van der Waals surface area contributed by atoms with Gasteiger partial charge in [-0.1, -0.05) is 11.6 Å². The molecular weight excluding hydrogens is 221 g/mol. The number of benzene rings is 1. The van der Waals surface area contributed by atoms with Crippen LogP contribution >= 0.6 is 22.9 Å². The largest absolute Gasteiger partial charge is 0.206 e. The summed E-state index contributed by atoms with van der Waals surface area (Å²) in [5.41, 5.74) is 0.364. The SMILES string of the molecule is N#CCc1cc(Cl)c2sccc2c1F. The summed E-state index contributed by atoms with van der Waals surface area (Å²) in [6, 6.07) is 5.12. The second kappa shape index (κ2) is 3.56. The molecule has 0 aliphatic rings. The second-order valence-corrected chi connectivity index (χ2v) is 4.15. The van der Waals surface area contributed by atoms with Gasteiger partial charge in [0.1, 0.15) is 5.82 Å². The van der Waals surface area contributed by atoms with Crippen molar-refractivity contribution >= 4 is 33.0 Å². The van der Waals surface area contributed by atoms with Crippen molar-refractivity contribution in [3.63, 3.8) is 0 Å². The molecule has 0 N–H and O–H groups in total. The molecule has 1 nitrogen and oxygen atoms in total. The summed E-state index contributed by atoms with van der Waals surface area (Å²) in [5, 5.41) is 11.3. The van der Waals surface area contributed by atoms with Crippen LogP contribution in [-0.2, 0) is 6.42 Å². The maximum atomic E-state index is 13.7. The number of halogens is 2. The van der Waals surface area contributed by atoms with E-state index < -0.39 is 0 Å². The molecule has 0 spiro atoms. The number of fused-ring (bicyclic) bond motifs is 1. The highest BCUT2D eigenvalue weighted by Gasteiger charge is 2.11. The number of hydrogen-bond acceptors (Lipinski definition) is 2. The van der Waals surface area contributed by atoms with Crippen molar-refractivity contribution in [2.24, 2.45) is 0 Å². The first-order valence-corrected chi connectivity index (χ1v) is 5.21. The average molecular weight is 226 g/mol. The van der Waals surface area contributed by atoms with Crippen molar-refractivity contribution in [1.82, 2.24) is 0 Å². The van der Waals surface area contributed by atoms with E-state index in [1.807, 2.05) is 6.07 Å². The highest BCUT2D eigenvalue weighted by Crippen LogP contribution is 2.32. The molecule has 0 bridgehead atoms. The molecule has 2 aromatic rings. The van der Waals surface area contributed by atoms with Crippen molar-refractivity contribution < 1.29 is 4.39 Å². The first kappa shape index (κ1) is 9.45. The van der Waals surface area contributed by atoms with Gasteiger partial charge in [-0.3, -0.25) is 0 Å². The predicted octanol–water partition coefficient (Wildman–Crippen LogP) is 3.76. The van der Waals surface area contributed by atoms with Gasteiger partial charge in [0, 0.05) is 10.9 Å². The van der Waals surface area contributed by atoms with Crippen molar-refractivity contribution in [3.05, 3.63) is 33.9 Å². The Kier molecular flexibility index (Phi) is 2.40. The van der Waals surface area contributed by atoms with Crippen molar-refractivity contribution in [3.8, 4) is 6.07 Å². The molecular formula is C10H5ClFNS. The standard InChI is InChI=1S/C10H5ClFNS/c11-8-5-6(1-3-13)9(12)7-2-4-14-10(7)8/h2,4-5H,1H2. The van der Waals surface area contributed by atoms with Crippen LogP contribution in [0.5, 0.6) is 0 Å². The smallest absolute Gasteiger partial charge is 0.136 e. The third-order valence-electron chi connectivity index (χ3n) is 1.97. The van der Waals surface area contributed by atoms with E-state index >= 15 is 0 Å². The highest BCUT2D eigenvalue weighted by atomic mass is 35.5. The monoisotopic (exact) mass is 225 g/mol. The molecule has 0 radical (unpaired) electrons. The van der Waals surface area contributed by atoms with E-state index in [1.165, 1.54) is 17.4 Å². The Hall–Kier alpha value is -1.11. The van der Waals surface area contributed by atoms with Crippen LogP contribution in [0.4, 0.5) is 4.39 Å². The minimum absolute atomic E-state index is 0.0529. The summed E-state index contributed by atoms with van der Waals surface area (Å²) in [4.78, 5) is 0. The molecule has 0 unspecified atom stereocenters. The number of nitrogens with zero attached hydrogens (tertiary/aromatic N) is 1. The first-order chi connectivity index (χ1) is 6.74. The molecule has 0 atom stereocenters. The zero-order valence-electron chi connectivity index (χ0n) is 7.05. The molecule has 0 saturated heterocycles. The highest BCUT2D eigenvalue weighted by molar-refractivity contribution is 7.17. The normalized spacial score (nSPS) is 10.4. The minimum Gasteiger partial charge on any atom is -0.206 e. The second-order valence-electron chi connectivity index (χ2n) is 2.83. The number of nitriles is 1. The summed E-state index contributed by atoms with van der Waals surface area (Å²) < 4.78 is 14.4. The molecule has 1 aromatic carbocycles. The predicted molar refractivity (Wildman–Crippen MR) is 56.1 cm³/mol. The van der Waals surface area contributed by atoms with Gasteiger partial charge in [0.15, 0.2) is 0 Å². The van der Waals surface area contributed by atoms with Gasteiger partial charge in [-0.15, -0.1) is 11.3 Å². The molecule has 0 aliphatic heterocycles. The van der Waals surface area contributed by atoms with Gasteiger partial charge in [0.05, 0.1) is 22.2 Å². The van der Waals surface area contributed by atoms with E-state index in [0.29, 0.717) is 16.0 Å². The molecule has 1 aromatic heterocycles. The van der Waals surface area contributed by atoms with Crippen molar-refractivity contribution in [2.75, 3.05) is 0 Å². The lowest BCUT2D eigenvalue weighted by atomic mass is 10.1. The van der Waals surface area contributed by atoms with Crippen LogP contribution in [0.3, 0.4) is 0 Å². The Morgan fingerprint density at radius 1 is 1.57 bits per heavy atom. The lowest BCUT2D eigenvalue weighted by molar-refractivity contribution is 0.628. The lowest BCUT2D eigenvalue weighted by Crippen LogP contribution is -1.89. The summed E-state index contributed by atoms with van der Waals surface area (Å²) in [5.74, 6) is -0.327. The van der Waals surface area contributed by atoms with E-state index in [-0.39, 0.29) is 12.2 Å². The molecule has 0 saturated carbocycles. The molecule has 1 heterocycles. The fourth-order valence-corrected chi connectivity index (χ4v) is 2.50. The van der Waals surface area contributed by atoms with Gasteiger partial charge in [-0.05, 0) is 17.5 Å². The quantitative estimate of drug-likeness (QED) is 0.725. The van der Waals surface area contributed by atoms with Crippen LogP contribution in [0.1, 0.15) is 5.56 Å². The number of rotatable bonds is 1. The Morgan fingerprint density at radius 3 is 3.07 bits per heavy atom. The maximum absolute atomic E-state index is 13.7. The fourth-order valence-electron chi connectivity index (χ4n) is 1.34. The van der Waals surface area contributed by atoms with Crippen LogP contribution in [0, 0.1) is 17.1 Å². The average Bonchev–Trinajstić information content (AvgIpc) is 2.63. The molecule has 14 heavy (non-hydrogen) atoms. The molecule has 70 valence electrons. The first-order valence-electron chi connectivity index (χ1n) is 3.95. The zero-order valence-corrected chi connectivity index (χ0v) is 8.62. The van der Waals surface area contributed by atoms with E-state index in [0.717, 1.165) is 4.70 Å². The van der Waals surface area contributed by atoms with Gasteiger partial charge in [0.25, 0.3) is 0 Å². The van der Waals surface area contributed by atoms with Crippen molar-refractivity contribution in [1.29, 1.82) is 5.26 Å². The van der Waals surface area contributed by atoms with E-state index in [4.69, 9.17) is 16.9 Å². The summed E-state index contributed by atoms with van der Waals surface area (Å²) in [7, 11) is 0. The summed E-state index contributed by atoms with van der Waals surface area (Å²) in [6.07, 6.45) is 0.0529. The van der Waals surface area contributed by atoms with E-state index in [9.17, 15) is 4.39 Å². The zero-order chi connectivity index (χ0) is 10.1. The molecule has 0 amide bonds. The minimum atomic E-state index is -0.327. The maximum Gasteiger partial charge on any atom is 0.136 e. The van der Waals surface area contributed by atoms with Gasteiger partial charge < -0.3 is 0 Å². The Bertz CT molecular complexity index is 527. The van der Waals surface area contributed by atoms with Gasteiger partial charge >= 0.3 is 0 Å². The van der Waals surface area contributed by atoms with Crippen LogP contribution in [0.15, 0.2) is 17.5 Å². The van der Waals surface area contributed by atoms with E-state index in [1.54, 1.807) is 11.4 Å². The van der Waals surface area contributed by atoms with Gasteiger partial charge in [-0.25, -0.2) is 4.39 Å². The van der Waals surface area contributed by atoms with Gasteiger partial charge in [0.2, 0.25) is 0 Å². The third kappa shape index (κ3) is 1.37. The number of hydrogen-bond donors (Lipinski definition) is 0. The van der Waals surface area contributed by atoms with Crippen LogP contribution in [0.2, 0.25) is 5.02 Å². The Morgan fingerprint density at radius 2 is 2.36 bits per heavy atom. The lowest BCUT2D eigenvalue weighted by Gasteiger charge is -2.01. The molecule has 4 heteroatoms. The Labute approximate surface area is 89.3 Å². The van der Waals surface area contributed by atoms with E-state index in [2.05, 4.69) is 0 Å². The van der Waals surface area contributed by atoms with Crippen LogP contribution < -0.4 is 0 Å². The van der Waals surface area contributed by atoms with Crippen molar-refractivity contribution in [2.45, 2.75) is 6.42 Å². The summed E-state index contributed by atoms with van der Waals surface area (Å²) in [6.45, 7) is 0. The van der Waals surface area contributed by atoms with Gasteiger partial charge in [-0.2, -0.15) is 5.26 Å². The third-order valence-corrected chi connectivity index (χ3v) is 3.33. The fraction of sp³-hybridized carbons (Fsp3) is 0.100. The molecule has 0 fully saturated rings. The van der Waals surface area contributed by atoms with Crippen LogP contribution in [-0.4, -0.2) is 0 Å².